The van der Waals surface area contributed by atoms with Gasteiger partial charge in [-0.05, 0) is 46.3 Å². The number of urea groups is 1. The van der Waals surface area contributed by atoms with E-state index in [4.69, 9.17) is 10.5 Å². The van der Waals surface area contributed by atoms with Crippen molar-refractivity contribution in [3.63, 3.8) is 0 Å². The maximum atomic E-state index is 12.9. The predicted octanol–water partition coefficient (Wildman–Crippen LogP) is 2.94. The van der Waals surface area contributed by atoms with Crippen LogP contribution in [-0.2, 0) is 7.05 Å². The van der Waals surface area contributed by atoms with Crippen molar-refractivity contribution in [2.45, 2.75) is 0 Å². The van der Waals surface area contributed by atoms with Crippen LogP contribution in [0.5, 0.6) is 5.75 Å². The summed E-state index contributed by atoms with van der Waals surface area (Å²) in [5, 5.41) is 7.31. The third kappa shape index (κ3) is 4.86. The number of hydrogen-bond acceptors (Lipinski definition) is 6. The fourth-order valence-corrected chi connectivity index (χ4v) is 4.25. The van der Waals surface area contributed by atoms with E-state index < -0.39 is 0 Å². The standard InChI is InChI=1S/C22H26BrN7O2/c1-28-21(18(23)15-26-28)17-14-16(5-6-19(17)32-13-7-24)27-22(31)30-11-9-29(10-12-30)20-4-2-3-8-25-20/h2-6,8,14-15H,7,9-13,24H2,1H3,(H,27,31). The van der Waals surface area contributed by atoms with Gasteiger partial charge in [0.05, 0.1) is 16.4 Å². The van der Waals surface area contributed by atoms with Crippen LogP contribution >= 0.6 is 15.9 Å². The molecule has 0 radical (unpaired) electrons. The number of aromatic nitrogens is 3. The number of anilines is 2. The van der Waals surface area contributed by atoms with Gasteiger partial charge in [0.25, 0.3) is 0 Å². The first-order valence-corrected chi connectivity index (χ1v) is 11.2. The van der Waals surface area contributed by atoms with E-state index in [9.17, 15) is 4.79 Å². The van der Waals surface area contributed by atoms with E-state index in [1.807, 2.05) is 48.3 Å². The second kappa shape index (κ2) is 10.0. The number of ether oxygens (including phenoxy) is 1. The summed E-state index contributed by atoms with van der Waals surface area (Å²) < 4.78 is 8.43. The summed E-state index contributed by atoms with van der Waals surface area (Å²) in [6, 6.07) is 11.3. The minimum absolute atomic E-state index is 0.128. The number of benzene rings is 1. The fraction of sp³-hybridized carbons (Fsp3) is 0.318. The van der Waals surface area contributed by atoms with Crippen LogP contribution in [0.15, 0.2) is 53.3 Å². The van der Waals surface area contributed by atoms with Crippen LogP contribution in [0.3, 0.4) is 0 Å². The van der Waals surface area contributed by atoms with Crippen LogP contribution in [0.1, 0.15) is 0 Å². The van der Waals surface area contributed by atoms with Gasteiger partial charge >= 0.3 is 6.03 Å². The monoisotopic (exact) mass is 499 g/mol. The van der Waals surface area contributed by atoms with Gasteiger partial charge in [-0.1, -0.05) is 6.07 Å². The fourth-order valence-electron chi connectivity index (χ4n) is 3.68. The average Bonchev–Trinajstić information content (AvgIpc) is 3.16. The SMILES string of the molecule is Cn1ncc(Br)c1-c1cc(NC(=O)N2CCN(c3ccccn3)CC2)ccc1OCCN. The topological polar surface area (TPSA) is 102 Å². The lowest BCUT2D eigenvalue weighted by molar-refractivity contribution is 0.208. The minimum Gasteiger partial charge on any atom is -0.492 e. The number of nitrogens with two attached hydrogens (primary N) is 1. The molecule has 0 spiro atoms. The molecule has 1 fully saturated rings. The third-order valence-electron chi connectivity index (χ3n) is 5.30. The first-order chi connectivity index (χ1) is 15.6. The molecule has 1 aliphatic heterocycles. The molecular formula is C22H26BrN7O2. The molecule has 10 heteroatoms. The van der Waals surface area contributed by atoms with E-state index >= 15 is 0 Å². The lowest BCUT2D eigenvalue weighted by Gasteiger charge is -2.35. The highest BCUT2D eigenvalue weighted by Gasteiger charge is 2.22. The Bertz CT molecular complexity index is 1050. The summed E-state index contributed by atoms with van der Waals surface area (Å²) in [6.45, 7) is 3.54. The van der Waals surface area contributed by atoms with Crippen molar-refractivity contribution in [1.82, 2.24) is 19.7 Å². The zero-order valence-corrected chi connectivity index (χ0v) is 19.5. The molecule has 1 aromatic carbocycles. The molecule has 2 amide bonds. The first kappa shape index (κ1) is 22.1. The number of nitrogens with one attached hydrogen (secondary N) is 1. The zero-order valence-electron chi connectivity index (χ0n) is 17.9. The van der Waals surface area contributed by atoms with Crippen LogP contribution in [0.25, 0.3) is 11.3 Å². The van der Waals surface area contributed by atoms with Gasteiger partial charge in [-0.15, -0.1) is 0 Å². The number of piperazine rings is 1. The summed E-state index contributed by atoms with van der Waals surface area (Å²) in [5.41, 5.74) is 7.97. The number of carbonyl (C=O) groups excluding carboxylic acids is 1. The summed E-state index contributed by atoms with van der Waals surface area (Å²) in [5.74, 6) is 1.62. The van der Waals surface area contributed by atoms with Crippen LogP contribution in [-0.4, -0.2) is 65.0 Å². The number of halogens is 1. The molecule has 0 saturated carbocycles. The van der Waals surface area contributed by atoms with Gasteiger partial charge in [-0.25, -0.2) is 9.78 Å². The molecule has 0 bridgehead atoms. The zero-order chi connectivity index (χ0) is 22.5. The molecule has 1 aliphatic rings. The van der Waals surface area contributed by atoms with Crippen LogP contribution in [0, 0.1) is 0 Å². The van der Waals surface area contributed by atoms with Crippen molar-refractivity contribution < 1.29 is 9.53 Å². The van der Waals surface area contributed by atoms with Gasteiger partial charge in [0.1, 0.15) is 18.2 Å². The Morgan fingerprint density at radius 3 is 2.69 bits per heavy atom. The lowest BCUT2D eigenvalue weighted by Crippen LogP contribution is -2.50. The summed E-state index contributed by atoms with van der Waals surface area (Å²) in [6.07, 6.45) is 3.52. The number of aryl methyl sites for hydroxylation is 1. The van der Waals surface area contributed by atoms with Crippen molar-refractivity contribution >= 4 is 33.5 Å². The highest BCUT2D eigenvalue weighted by atomic mass is 79.9. The summed E-state index contributed by atoms with van der Waals surface area (Å²) >= 11 is 3.55. The number of hydrogen-bond donors (Lipinski definition) is 2. The highest BCUT2D eigenvalue weighted by molar-refractivity contribution is 9.10. The minimum atomic E-state index is -0.128. The molecule has 3 aromatic rings. The number of nitrogens with zero attached hydrogens (tertiary/aromatic N) is 5. The normalized spacial score (nSPS) is 13.8. The summed E-state index contributed by atoms with van der Waals surface area (Å²) in [4.78, 5) is 21.3. The van der Waals surface area contributed by atoms with Crippen molar-refractivity contribution in [2.75, 3.05) is 49.5 Å². The number of rotatable bonds is 6. The molecule has 3 N–H and O–H groups in total. The number of pyridine rings is 1. The average molecular weight is 500 g/mol. The molecule has 0 atom stereocenters. The lowest BCUT2D eigenvalue weighted by atomic mass is 10.1. The van der Waals surface area contributed by atoms with Crippen molar-refractivity contribution in [3.8, 4) is 17.0 Å². The van der Waals surface area contributed by atoms with Gasteiger partial charge < -0.3 is 25.6 Å². The van der Waals surface area contributed by atoms with E-state index in [2.05, 4.69) is 36.2 Å². The first-order valence-electron chi connectivity index (χ1n) is 10.4. The Labute approximate surface area is 195 Å². The van der Waals surface area contributed by atoms with E-state index in [0.717, 1.165) is 34.6 Å². The quantitative estimate of drug-likeness (QED) is 0.540. The Morgan fingerprint density at radius 2 is 2.03 bits per heavy atom. The predicted molar refractivity (Wildman–Crippen MR) is 128 cm³/mol. The Kier molecular flexibility index (Phi) is 6.91. The van der Waals surface area contributed by atoms with Crippen molar-refractivity contribution in [1.29, 1.82) is 0 Å². The van der Waals surface area contributed by atoms with Crippen molar-refractivity contribution in [2.24, 2.45) is 12.8 Å². The molecule has 0 unspecified atom stereocenters. The molecular weight excluding hydrogens is 474 g/mol. The Morgan fingerprint density at radius 1 is 1.22 bits per heavy atom. The van der Waals surface area contributed by atoms with Crippen LogP contribution < -0.4 is 20.7 Å². The van der Waals surface area contributed by atoms with Crippen LogP contribution in [0.2, 0.25) is 0 Å². The van der Waals surface area contributed by atoms with Gasteiger partial charge in [-0.2, -0.15) is 5.10 Å². The molecule has 3 heterocycles. The smallest absolute Gasteiger partial charge is 0.321 e. The second-order valence-corrected chi connectivity index (χ2v) is 8.26. The maximum absolute atomic E-state index is 12.9. The van der Waals surface area contributed by atoms with Crippen LogP contribution in [0.4, 0.5) is 16.3 Å². The van der Waals surface area contributed by atoms with Gasteiger partial charge in [0, 0.05) is 57.2 Å². The van der Waals surface area contributed by atoms with E-state index in [1.54, 1.807) is 17.1 Å². The van der Waals surface area contributed by atoms with Crippen molar-refractivity contribution in [3.05, 3.63) is 53.3 Å². The van der Waals surface area contributed by atoms with E-state index in [1.165, 1.54) is 0 Å². The number of amides is 2. The van der Waals surface area contributed by atoms with E-state index in [0.29, 0.717) is 37.7 Å². The molecule has 32 heavy (non-hydrogen) atoms. The molecule has 2 aromatic heterocycles. The Balaban J connectivity index is 1.47. The molecule has 0 aliphatic carbocycles. The Hall–Kier alpha value is -3.11. The molecule has 168 valence electrons. The maximum Gasteiger partial charge on any atom is 0.321 e. The van der Waals surface area contributed by atoms with Gasteiger partial charge in [0.2, 0.25) is 0 Å². The summed E-state index contributed by atoms with van der Waals surface area (Å²) in [7, 11) is 1.86. The van der Waals surface area contributed by atoms with E-state index in [-0.39, 0.29) is 6.03 Å². The molecule has 4 rings (SSSR count). The van der Waals surface area contributed by atoms with Gasteiger partial charge in [0.15, 0.2) is 0 Å². The largest absolute Gasteiger partial charge is 0.492 e. The molecule has 9 nitrogen and oxygen atoms in total. The second-order valence-electron chi connectivity index (χ2n) is 7.40. The third-order valence-corrected chi connectivity index (χ3v) is 5.88. The highest BCUT2D eigenvalue weighted by Crippen LogP contribution is 2.36. The molecule has 1 saturated heterocycles. The number of carbonyl (C=O) groups is 1. The van der Waals surface area contributed by atoms with Gasteiger partial charge in [-0.3, -0.25) is 4.68 Å².